The topological polar surface area (TPSA) is 20.2 Å². The molecule has 1 atom stereocenters. The maximum absolute atomic E-state index is 9.12. The molecule has 0 spiro atoms. The zero-order valence-corrected chi connectivity index (χ0v) is 9.21. The van der Waals surface area contributed by atoms with E-state index in [1.54, 1.807) is 0 Å². The van der Waals surface area contributed by atoms with Crippen LogP contribution in [0.15, 0.2) is 66.3 Å². The Labute approximate surface area is 96.4 Å². The Morgan fingerprint density at radius 2 is 1.94 bits per heavy atom. The first kappa shape index (κ1) is 10.9. The van der Waals surface area contributed by atoms with Crippen LogP contribution in [0.3, 0.4) is 0 Å². The van der Waals surface area contributed by atoms with Gasteiger partial charge in [-0.1, -0.05) is 60.7 Å². The van der Waals surface area contributed by atoms with Crippen molar-refractivity contribution in [2.24, 2.45) is 0 Å². The van der Waals surface area contributed by atoms with E-state index in [1.807, 2.05) is 18.2 Å². The SMILES string of the molecule is OCC1=C/CC=CC(c2ccccc2)/C=C\1. The van der Waals surface area contributed by atoms with Crippen LogP contribution in [0.2, 0.25) is 0 Å². The smallest absolute Gasteiger partial charge is 0.0678 e. The van der Waals surface area contributed by atoms with Crippen molar-refractivity contribution in [2.75, 3.05) is 6.61 Å². The molecule has 1 aromatic carbocycles. The largest absolute Gasteiger partial charge is 0.392 e. The second-order valence-electron chi connectivity index (χ2n) is 3.90. The van der Waals surface area contributed by atoms with E-state index < -0.39 is 0 Å². The minimum Gasteiger partial charge on any atom is -0.392 e. The average molecular weight is 212 g/mol. The second kappa shape index (κ2) is 5.47. The summed E-state index contributed by atoms with van der Waals surface area (Å²) in [5.74, 6) is 0.316. The molecule has 1 aromatic rings. The molecule has 0 aliphatic heterocycles. The Morgan fingerprint density at radius 1 is 1.12 bits per heavy atom. The molecule has 1 N–H and O–H groups in total. The highest BCUT2D eigenvalue weighted by Crippen LogP contribution is 2.21. The van der Waals surface area contributed by atoms with Gasteiger partial charge in [-0.15, -0.1) is 0 Å². The standard InChI is InChI=1S/C15H16O/c16-12-13-6-4-5-9-15(11-10-13)14-7-2-1-3-8-14/h1-3,5-11,15-16H,4,12H2/b9-5?,11-10-,13-6+. The van der Waals surface area contributed by atoms with Crippen molar-refractivity contribution in [1.82, 2.24) is 0 Å². The number of rotatable bonds is 2. The molecule has 0 radical (unpaired) electrons. The fourth-order valence-corrected chi connectivity index (χ4v) is 1.82. The van der Waals surface area contributed by atoms with Crippen molar-refractivity contribution in [1.29, 1.82) is 0 Å². The van der Waals surface area contributed by atoms with Crippen molar-refractivity contribution in [3.8, 4) is 0 Å². The Bertz CT molecular complexity index is 412. The number of hydrogen-bond donors (Lipinski definition) is 1. The van der Waals surface area contributed by atoms with Gasteiger partial charge in [0.2, 0.25) is 0 Å². The quantitative estimate of drug-likeness (QED) is 0.746. The Morgan fingerprint density at radius 3 is 2.69 bits per heavy atom. The van der Waals surface area contributed by atoms with Crippen LogP contribution < -0.4 is 0 Å². The van der Waals surface area contributed by atoms with Gasteiger partial charge < -0.3 is 5.11 Å². The van der Waals surface area contributed by atoms with E-state index in [2.05, 4.69) is 42.5 Å². The highest BCUT2D eigenvalue weighted by Gasteiger charge is 2.04. The molecule has 0 aromatic heterocycles. The van der Waals surface area contributed by atoms with Crippen molar-refractivity contribution in [2.45, 2.75) is 12.3 Å². The molecular formula is C15H16O. The maximum atomic E-state index is 9.12. The van der Waals surface area contributed by atoms with Gasteiger partial charge in [-0.05, 0) is 17.6 Å². The lowest BCUT2D eigenvalue weighted by Crippen LogP contribution is -1.94. The van der Waals surface area contributed by atoms with Crippen molar-refractivity contribution >= 4 is 0 Å². The summed E-state index contributed by atoms with van der Waals surface area (Å²) in [6.45, 7) is 0.117. The van der Waals surface area contributed by atoms with Gasteiger partial charge in [0, 0.05) is 5.92 Å². The van der Waals surface area contributed by atoms with Crippen LogP contribution in [0.5, 0.6) is 0 Å². The van der Waals surface area contributed by atoms with Crippen molar-refractivity contribution < 1.29 is 5.11 Å². The van der Waals surface area contributed by atoms with Crippen LogP contribution in [0, 0.1) is 0 Å². The van der Waals surface area contributed by atoms with Gasteiger partial charge in [0.05, 0.1) is 6.61 Å². The molecule has 82 valence electrons. The molecule has 0 bridgehead atoms. The lowest BCUT2D eigenvalue weighted by atomic mass is 9.95. The van der Waals surface area contributed by atoms with Crippen LogP contribution in [-0.2, 0) is 0 Å². The Balaban J connectivity index is 2.24. The molecule has 0 fully saturated rings. The Kier molecular flexibility index (Phi) is 3.73. The highest BCUT2D eigenvalue weighted by molar-refractivity contribution is 5.33. The van der Waals surface area contributed by atoms with E-state index in [0.29, 0.717) is 5.92 Å². The summed E-state index contributed by atoms with van der Waals surface area (Å²) in [5.41, 5.74) is 2.28. The fourth-order valence-electron chi connectivity index (χ4n) is 1.82. The van der Waals surface area contributed by atoms with Crippen LogP contribution in [0.4, 0.5) is 0 Å². The van der Waals surface area contributed by atoms with Crippen molar-refractivity contribution in [3.63, 3.8) is 0 Å². The third kappa shape index (κ3) is 2.71. The monoisotopic (exact) mass is 212 g/mol. The minimum absolute atomic E-state index is 0.117. The van der Waals surface area contributed by atoms with Gasteiger partial charge in [0.15, 0.2) is 0 Å². The van der Waals surface area contributed by atoms with E-state index >= 15 is 0 Å². The molecule has 2 rings (SSSR count). The molecule has 1 heteroatoms. The number of aliphatic hydroxyl groups is 1. The van der Waals surface area contributed by atoms with Gasteiger partial charge in [-0.25, -0.2) is 0 Å². The highest BCUT2D eigenvalue weighted by atomic mass is 16.3. The molecule has 0 heterocycles. The number of aliphatic hydroxyl groups excluding tert-OH is 1. The van der Waals surface area contributed by atoms with E-state index in [1.165, 1.54) is 5.56 Å². The second-order valence-corrected chi connectivity index (χ2v) is 3.90. The predicted molar refractivity (Wildman–Crippen MR) is 67.2 cm³/mol. The number of benzene rings is 1. The van der Waals surface area contributed by atoms with Gasteiger partial charge in [-0.2, -0.15) is 0 Å². The summed E-state index contributed by atoms with van der Waals surface area (Å²) in [6, 6.07) is 10.4. The number of allylic oxidation sites excluding steroid dienone is 4. The average Bonchev–Trinajstić information content (AvgIpc) is 2.30. The van der Waals surface area contributed by atoms with Gasteiger partial charge in [-0.3, -0.25) is 0 Å². The Hall–Kier alpha value is -1.60. The van der Waals surface area contributed by atoms with E-state index in [0.717, 1.165) is 12.0 Å². The molecule has 0 amide bonds. The predicted octanol–water partition coefficient (Wildman–Crippen LogP) is 3.21. The molecule has 0 saturated carbocycles. The van der Waals surface area contributed by atoms with Crippen LogP contribution >= 0.6 is 0 Å². The van der Waals surface area contributed by atoms with Crippen molar-refractivity contribution in [3.05, 3.63) is 71.8 Å². The molecule has 16 heavy (non-hydrogen) atoms. The summed E-state index contributed by atoms with van der Waals surface area (Å²) in [5, 5.41) is 9.12. The summed E-state index contributed by atoms with van der Waals surface area (Å²) < 4.78 is 0. The first-order valence-electron chi connectivity index (χ1n) is 5.60. The van der Waals surface area contributed by atoms with Crippen LogP contribution in [0.25, 0.3) is 0 Å². The van der Waals surface area contributed by atoms with E-state index in [-0.39, 0.29) is 6.61 Å². The fraction of sp³-hybridized carbons (Fsp3) is 0.200. The zero-order valence-electron chi connectivity index (χ0n) is 9.21. The summed E-state index contributed by atoms with van der Waals surface area (Å²) >= 11 is 0. The minimum atomic E-state index is 0.117. The normalized spacial score (nSPS) is 25.3. The van der Waals surface area contributed by atoms with Gasteiger partial charge in [0.25, 0.3) is 0 Å². The summed E-state index contributed by atoms with van der Waals surface area (Å²) in [4.78, 5) is 0. The van der Waals surface area contributed by atoms with Gasteiger partial charge >= 0.3 is 0 Å². The lowest BCUT2D eigenvalue weighted by Gasteiger charge is -2.10. The zero-order chi connectivity index (χ0) is 11.2. The first-order chi connectivity index (χ1) is 7.90. The molecule has 0 saturated heterocycles. The third-order valence-electron chi connectivity index (χ3n) is 2.74. The first-order valence-corrected chi connectivity index (χ1v) is 5.60. The third-order valence-corrected chi connectivity index (χ3v) is 2.74. The lowest BCUT2D eigenvalue weighted by molar-refractivity contribution is 0.334. The number of hydrogen-bond acceptors (Lipinski definition) is 1. The molecule has 1 nitrogen and oxygen atoms in total. The maximum Gasteiger partial charge on any atom is 0.0678 e. The summed E-state index contributed by atoms with van der Waals surface area (Å²) in [6.07, 6.45) is 11.4. The molecule has 1 aliphatic carbocycles. The van der Waals surface area contributed by atoms with Crippen LogP contribution in [0.1, 0.15) is 17.9 Å². The molecular weight excluding hydrogens is 196 g/mol. The molecule has 1 unspecified atom stereocenters. The van der Waals surface area contributed by atoms with Crippen LogP contribution in [-0.4, -0.2) is 11.7 Å². The van der Waals surface area contributed by atoms with E-state index in [9.17, 15) is 0 Å². The summed E-state index contributed by atoms with van der Waals surface area (Å²) in [7, 11) is 0. The van der Waals surface area contributed by atoms with Gasteiger partial charge in [0.1, 0.15) is 0 Å². The van der Waals surface area contributed by atoms with E-state index in [4.69, 9.17) is 5.11 Å². The molecule has 1 aliphatic rings.